The van der Waals surface area contributed by atoms with Crippen molar-refractivity contribution in [1.29, 1.82) is 0 Å². The fourth-order valence-corrected chi connectivity index (χ4v) is 1.58. The van der Waals surface area contributed by atoms with Crippen molar-refractivity contribution < 1.29 is 14.9 Å². The van der Waals surface area contributed by atoms with E-state index in [1.165, 1.54) is 0 Å². The number of fused-ring (bicyclic) bond motifs is 1. The first-order valence-electron chi connectivity index (χ1n) is 4.44. The zero-order valence-corrected chi connectivity index (χ0v) is 7.84. The van der Waals surface area contributed by atoms with Gasteiger partial charge in [0.2, 0.25) is 0 Å². The minimum atomic E-state index is -0.832. The van der Waals surface area contributed by atoms with E-state index in [-0.39, 0.29) is 0 Å². The lowest BCUT2D eigenvalue weighted by molar-refractivity contribution is 0.0470. The molecule has 1 aliphatic carbocycles. The summed E-state index contributed by atoms with van der Waals surface area (Å²) in [5.74, 6) is 0.747. The van der Waals surface area contributed by atoms with E-state index in [0.717, 1.165) is 16.9 Å². The van der Waals surface area contributed by atoms with Crippen molar-refractivity contribution in [3.05, 3.63) is 35.4 Å². The van der Waals surface area contributed by atoms with Crippen LogP contribution in [0.5, 0.6) is 5.75 Å². The molecule has 3 nitrogen and oxygen atoms in total. The van der Waals surface area contributed by atoms with Gasteiger partial charge in [-0.1, -0.05) is 18.2 Å². The predicted octanol–water partition coefficient (Wildman–Crippen LogP) is 1.12. The van der Waals surface area contributed by atoms with Crippen LogP contribution >= 0.6 is 0 Å². The normalized spacial score (nSPS) is 24.5. The van der Waals surface area contributed by atoms with Crippen molar-refractivity contribution in [3.63, 3.8) is 0 Å². The number of ether oxygens (including phenoxy) is 1. The molecule has 0 heterocycles. The first-order valence-corrected chi connectivity index (χ1v) is 4.44. The maximum Gasteiger partial charge on any atom is 0.119 e. The Balaban J connectivity index is 2.46. The van der Waals surface area contributed by atoms with Gasteiger partial charge in [-0.05, 0) is 23.3 Å². The first kappa shape index (κ1) is 9.24. The van der Waals surface area contributed by atoms with Crippen molar-refractivity contribution >= 4 is 6.08 Å². The molecular formula is C11H12O3. The molecule has 0 amide bonds. The van der Waals surface area contributed by atoms with E-state index in [1.807, 2.05) is 6.07 Å². The van der Waals surface area contributed by atoms with Crippen molar-refractivity contribution in [1.82, 2.24) is 0 Å². The number of hydrogen-bond donors (Lipinski definition) is 2. The van der Waals surface area contributed by atoms with Gasteiger partial charge >= 0.3 is 0 Å². The van der Waals surface area contributed by atoms with Gasteiger partial charge in [0.05, 0.1) is 7.11 Å². The smallest absolute Gasteiger partial charge is 0.119 e. The van der Waals surface area contributed by atoms with Gasteiger partial charge in [-0.25, -0.2) is 0 Å². The third-order valence-electron chi connectivity index (χ3n) is 2.41. The topological polar surface area (TPSA) is 49.7 Å². The van der Waals surface area contributed by atoms with E-state index in [2.05, 4.69) is 0 Å². The van der Waals surface area contributed by atoms with E-state index >= 15 is 0 Å². The highest BCUT2D eigenvalue weighted by molar-refractivity contribution is 5.60. The molecule has 74 valence electrons. The Morgan fingerprint density at radius 2 is 2.07 bits per heavy atom. The highest BCUT2D eigenvalue weighted by Crippen LogP contribution is 2.30. The molecule has 2 atom stereocenters. The molecule has 0 bridgehead atoms. The second-order valence-corrected chi connectivity index (χ2v) is 3.29. The monoisotopic (exact) mass is 192 g/mol. The molecule has 0 radical (unpaired) electrons. The molecule has 1 aromatic rings. The molecule has 1 aliphatic rings. The van der Waals surface area contributed by atoms with E-state index in [0.29, 0.717) is 0 Å². The Bertz CT molecular complexity index is 371. The van der Waals surface area contributed by atoms with Crippen molar-refractivity contribution in [3.8, 4) is 5.75 Å². The molecule has 14 heavy (non-hydrogen) atoms. The number of rotatable bonds is 1. The molecule has 0 saturated carbocycles. The van der Waals surface area contributed by atoms with E-state index in [4.69, 9.17) is 4.74 Å². The summed E-state index contributed by atoms with van der Waals surface area (Å²) >= 11 is 0. The standard InChI is InChI=1S/C11H12O3/c1-14-8-3-4-9-7(6-8)2-5-10(12)11(9)13/h2-6,10-13H,1H3/t10-,11+/m0/s1. The summed E-state index contributed by atoms with van der Waals surface area (Å²) in [6, 6.07) is 5.38. The van der Waals surface area contributed by atoms with Crippen molar-refractivity contribution in [2.75, 3.05) is 7.11 Å². The average Bonchev–Trinajstić information content (AvgIpc) is 2.23. The number of methoxy groups -OCH3 is 1. The molecule has 0 saturated heterocycles. The lowest BCUT2D eigenvalue weighted by atomic mass is 9.93. The highest BCUT2D eigenvalue weighted by atomic mass is 16.5. The number of benzene rings is 1. The SMILES string of the molecule is COc1ccc2c(c1)C=C[C@H](O)[C@@H]2O. The van der Waals surface area contributed by atoms with Crippen LogP contribution in [0.4, 0.5) is 0 Å². The fraction of sp³-hybridized carbons (Fsp3) is 0.273. The van der Waals surface area contributed by atoms with Gasteiger partial charge in [0.25, 0.3) is 0 Å². The third-order valence-corrected chi connectivity index (χ3v) is 2.41. The molecule has 0 fully saturated rings. The Labute approximate surface area is 82.3 Å². The van der Waals surface area contributed by atoms with Crippen LogP contribution in [0.2, 0.25) is 0 Å². The van der Waals surface area contributed by atoms with E-state index in [9.17, 15) is 10.2 Å². The summed E-state index contributed by atoms with van der Waals surface area (Å²) in [6.07, 6.45) is 1.72. The molecule has 1 aromatic carbocycles. The second-order valence-electron chi connectivity index (χ2n) is 3.29. The lowest BCUT2D eigenvalue weighted by Crippen LogP contribution is -2.19. The average molecular weight is 192 g/mol. The quantitative estimate of drug-likeness (QED) is 0.701. The van der Waals surface area contributed by atoms with Crippen LogP contribution < -0.4 is 4.74 Å². The van der Waals surface area contributed by atoms with Crippen LogP contribution in [0, 0.1) is 0 Å². The maximum absolute atomic E-state index is 9.65. The summed E-state index contributed by atoms with van der Waals surface area (Å²) in [4.78, 5) is 0. The van der Waals surface area contributed by atoms with Crippen molar-refractivity contribution in [2.24, 2.45) is 0 Å². The van der Waals surface area contributed by atoms with Crippen LogP contribution in [0.25, 0.3) is 6.08 Å². The summed E-state index contributed by atoms with van der Waals surface area (Å²) < 4.78 is 5.06. The molecule has 3 heteroatoms. The number of hydrogen-bond acceptors (Lipinski definition) is 3. The summed E-state index contributed by atoms with van der Waals surface area (Å²) in [5.41, 5.74) is 1.63. The summed E-state index contributed by atoms with van der Waals surface area (Å²) in [6.45, 7) is 0. The summed E-state index contributed by atoms with van der Waals surface area (Å²) in [7, 11) is 1.60. The molecule has 0 unspecified atom stereocenters. The zero-order valence-electron chi connectivity index (χ0n) is 7.84. The molecular weight excluding hydrogens is 180 g/mol. The first-order chi connectivity index (χ1) is 6.72. The van der Waals surface area contributed by atoms with Gasteiger partial charge in [-0.2, -0.15) is 0 Å². The number of aliphatic hydroxyl groups excluding tert-OH is 2. The molecule has 0 spiro atoms. The third kappa shape index (κ3) is 1.41. The van der Waals surface area contributed by atoms with Gasteiger partial charge in [0.1, 0.15) is 18.0 Å². The Morgan fingerprint density at radius 3 is 2.79 bits per heavy atom. The Morgan fingerprint density at radius 1 is 1.29 bits per heavy atom. The van der Waals surface area contributed by atoms with Gasteiger partial charge in [-0.15, -0.1) is 0 Å². The van der Waals surface area contributed by atoms with Gasteiger partial charge in [0, 0.05) is 0 Å². The van der Waals surface area contributed by atoms with Crippen LogP contribution in [0.15, 0.2) is 24.3 Å². The van der Waals surface area contributed by atoms with Crippen molar-refractivity contribution in [2.45, 2.75) is 12.2 Å². The van der Waals surface area contributed by atoms with E-state index in [1.54, 1.807) is 31.4 Å². The largest absolute Gasteiger partial charge is 0.497 e. The molecule has 0 aromatic heterocycles. The predicted molar refractivity (Wildman–Crippen MR) is 53.0 cm³/mol. The zero-order chi connectivity index (χ0) is 10.1. The van der Waals surface area contributed by atoms with Gasteiger partial charge < -0.3 is 14.9 Å². The summed E-state index contributed by atoms with van der Waals surface area (Å²) in [5, 5.41) is 19.0. The molecule has 2 N–H and O–H groups in total. The van der Waals surface area contributed by atoms with Gasteiger partial charge in [0.15, 0.2) is 0 Å². The van der Waals surface area contributed by atoms with Crippen LogP contribution in [-0.4, -0.2) is 23.4 Å². The van der Waals surface area contributed by atoms with E-state index < -0.39 is 12.2 Å². The van der Waals surface area contributed by atoms with Crippen LogP contribution in [0.1, 0.15) is 17.2 Å². The molecule has 0 aliphatic heterocycles. The van der Waals surface area contributed by atoms with Crippen LogP contribution in [0.3, 0.4) is 0 Å². The Kier molecular flexibility index (Phi) is 2.27. The minimum Gasteiger partial charge on any atom is -0.497 e. The maximum atomic E-state index is 9.65. The minimum absolute atomic E-state index is 0.737. The molecule has 2 rings (SSSR count). The van der Waals surface area contributed by atoms with Gasteiger partial charge in [-0.3, -0.25) is 0 Å². The highest BCUT2D eigenvalue weighted by Gasteiger charge is 2.22. The fourth-order valence-electron chi connectivity index (χ4n) is 1.58. The number of aliphatic hydroxyl groups is 2. The lowest BCUT2D eigenvalue weighted by Gasteiger charge is -2.21. The second kappa shape index (κ2) is 3.44. The Hall–Kier alpha value is -1.32. The van der Waals surface area contributed by atoms with Crippen LogP contribution in [-0.2, 0) is 0 Å².